The monoisotopic (exact) mass is 257 g/mol. The van der Waals surface area contributed by atoms with Gasteiger partial charge in [0.2, 0.25) is 0 Å². The van der Waals surface area contributed by atoms with Gasteiger partial charge in [0.1, 0.15) is 11.5 Å². The van der Waals surface area contributed by atoms with E-state index >= 15 is 0 Å². The summed E-state index contributed by atoms with van der Waals surface area (Å²) in [5.41, 5.74) is 0.747. The van der Waals surface area contributed by atoms with Gasteiger partial charge in [0.25, 0.3) is 0 Å². The number of phenols is 2. The van der Waals surface area contributed by atoms with E-state index in [1.807, 2.05) is 0 Å². The zero-order chi connectivity index (χ0) is 10.6. The quantitative estimate of drug-likeness (QED) is 0.775. The second-order valence-corrected chi connectivity index (χ2v) is 4.06. The van der Waals surface area contributed by atoms with E-state index in [2.05, 4.69) is 27.8 Å². The summed E-state index contributed by atoms with van der Waals surface area (Å²) in [6, 6.07) is 4.54. The minimum atomic E-state index is 0.0659. The van der Waals surface area contributed by atoms with Crippen LogP contribution in [0.4, 0.5) is 0 Å². The molecule has 3 nitrogen and oxygen atoms in total. The summed E-state index contributed by atoms with van der Waals surface area (Å²) in [6.45, 7) is 4.85. The summed E-state index contributed by atoms with van der Waals surface area (Å²) in [5.74, 6) is 0.161. The summed E-state index contributed by atoms with van der Waals surface area (Å²) in [4.78, 5) is 0. The second kappa shape index (κ2) is 5.02. The normalized spacial score (nSPS) is 10.1. The van der Waals surface area contributed by atoms with Crippen LogP contribution in [0.15, 0.2) is 29.3 Å². The first-order valence-electron chi connectivity index (χ1n) is 4.14. The largest absolute Gasteiger partial charge is 0.508 e. The van der Waals surface area contributed by atoms with Gasteiger partial charge in [0, 0.05) is 29.2 Å². The lowest BCUT2D eigenvalue weighted by Crippen LogP contribution is -2.14. The molecule has 0 heterocycles. The number of rotatable bonds is 4. The highest BCUT2D eigenvalue weighted by Gasteiger charge is 2.01. The zero-order valence-corrected chi connectivity index (χ0v) is 9.21. The Bertz CT molecular complexity index is 339. The summed E-state index contributed by atoms with van der Waals surface area (Å²) < 4.78 is 0.857. The molecular formula is C10H12BrNO2. The molecule has 4 heteroatoms. The van der Waals surface area contributed by atoms with E-state index in [1.165, 1.54) is 6.07 Å². The Morgan fingerprint density at radius 3 is 2.71 bits per heavy atom. The summed E-state index contributed by atoms with van der Waals surface area (Å²) in [5, 5.41) is 21.5. The molecule has 0 bridgehead atoms. The molecule has 0 radical (unpaired) electrons. The molecule has 0 spiro atoms. The van der Waals surface area contributed by atoms with Gasteiger partial charge in [0.15, 0.2) is 0 Å². The maximum atomic E-state index is 9.42. The lowest BCUT2D eigenvalue weighted by Gasteiger charge is -2.06. The number of aromatic hydroxyl groups is 2. The molecule has 3 N–H and O–H groups in total. The van der Waals surface area contributed by atoms with Crippen LogP contribution < -0.4 is 5.32 Å². The first kappa shape index (κ1) is 11.1. The maximum Gasteiger partial charge on any atom is 0.123 e. The number of halogens is 1. The van der Waals surface area contributed by atoms with Crippen LogP contribution in [0.25, 0.3) is 0 Å². The van der Waals surface area contributed by atoms with Gasteiger partial charge in [-0.05, 0) is 6.07 Å². The number of benzene rings is 1. The number of hydrogen-bond acceptors (Lipinski definition) is 3. The van der Waals surface area contributed by atoms with Crippen LogP contribution in [0.5, 0.6) is 11.5 Å². The minimum absolute atomic E-state index is 0.0659. The van der Waals surface area contributed by atoms with Gasteiger partial charge in [-0.25, -0.2) is 0 Å². The van der Waals surface area contributed by atoms with Crippen LogP contribution in [-0.2, 0) is 6.54 Å². The third-order valence-electron chi connectivity index (χ3n) is 1.70. The highest BCUT2D eigenvalue weighted by atomic mass is 79.9. The predicted molar refractivity (Wildman–Crippen MR) is 59.5 cm³/mol. The topological polar surface area (TPSA) is 52.5 Å². The van der Waals surface area contributed by atoms with Crippen molar-refractivity contribution in [2.75, 3.05) is 6.54 Å². The number of nitrogens with one attached hydrogen (secondary N) is 1. The SMILES string of the molecule is C=C(Br)CNCc1ccc(O)cc1O. The smallest absolute Gasteiger partial charge is 0.123 e. The lowest BCUT2D eigenvalue weighted by atomic mass is 10.2. The third kappa shape index (κ3) is 3.40. The molecule has 1 aromatic carbocycles. The molecule has 0 aliphatic carbocycles. The van der Waals surface area contributed by atoms with Crippen molar-refractivity contribution in [3.63, 3.8) is 0 Å². The average molecular weight is 258 g/mol. The molecule has 0 aromatic heterocycles. The van der Waals surface area contributed by atoms with Crippen LogP contribution in [0.3, 0.4) is 0 Å². The van der Waals surface area contributed by atoms with E-state index in [-0.39, 0.29) is 11.5 Å². The Balaban J connectivity index is 2.55. The average Bonchev–Trinajstić information content (AvgIpc) is 2.08. The standard InChI is InChI=1S/C10H12BrNO2/c1-7(11)5-12-6-8-2-3-9(13)4-10(8)14/h2-4,12-14H,1,5-6H2. The van der Waals surface area contributed by atoms with Gasteiger partial charge >= 0.3 is 0 Å². The molecule has 0 amide bonds. The van der Waals surface area contributed by atoms with Gasteiger partial charge in [-0.15, -0.1) is 0 Å². The van der Waals surface area contributed by atoms with E-state index in [4.69, 9.17) is 5.11 Å². The Labute approximate surface area is 91.2 Å². The minimum Gasteiger partial charge on any atom is -0.508 e. The van der Waals surface area contributed by atoms with E-state index in [0.717, 1.165) is 10.0 Å². The molecule has 0 atom stereocenters. The molecule has 1 rings (SSSR count). The highest BCUT2D eigenvalue weighted by Crippen LogP contribution is 2.22. The summed E-state index contributed by atoms with van der Waals surface area (Å²) in [6.07, 6.45) is 0. The van der Waals surface area contributed by atoms with E-state index in [1.54, 1.807) is 12.1 Å². The fourth-order valence-electron chi connectivity index (χ4n) is 1.03. The van der Waals surface area contributed by atoms with E-state index in [9.17, 15) is 5.11 Å². The zero-order valence-electron chi connectivity index (χ0n) is 7.63. The fourth-order valence-corrected chi connectivity index (χ4v) is 1.23. The van der Waals surface area contributed by atoms with Crippen molar-refractivity contribution in [1.82, 2.24) is 5.32 Å². The van der Waals surface area contributed by atoms with Crippen LogP contribution in [0.2, 0.25) is 0 Å². The Morgan fingerprint density at radius 1 is 1.43 bits per heavy atom. The van der Waals surface area contributed by atoms with E-state index < -0.39 is 0 Å². The summed E-state index contributed by atoms with van der Waals surface area (Å²) in [7, 11) is 0. The van der Waals surface area contributed by atoms with Crippen LogP contribution in [0, 0.1) is 0 Å². The summed E-state index contributed by atoms with van der Waals surface area (Å²) >= 11 is 3.22. The van der Waals surface area contributed by atoms with Crippen LogP contribution in [0.1, 0.15) is 5.56 Å². The first-order chi connectivity index (χ1) is 6.59. The molecule has 0 fully saturated rings. The van der Waals surface area contributed by atoms with Gasteiger partial charge in [-0.1, -0.05) is 28.6 Å². The Kier molecular flexibility index (Phi) is 3.98. The van der Waals surface area contributed by atoms with Gasteiger partial charge in [0.05, 0.1) is 0 Å². The maximum absolute atomic E-state index is 9.42. The van der Waals surface area contributed by atoms with Crippen LogP contribution in [-0.4, -0.2) is 16.8 Å². The lowest BCUT2D eigenvalue weighted by molar-refractivity contribution is 0.444. The fraction of sp³-hybridized carbons (Fsp3) is 0.200. The van der Waals surface area contributed by atoms with Crippen molar-refractivity contribution in [3.8, 4) is 11.5 Å². The van der Waals surface area contributed by atoms with Crippen molar-refractivity contribution in [2.45, 2.75) is 6.54 Å². The predicted octanol–water partition coefficient (Wildman–Crippen LogP) is 2.10. The second-order valence-electron chi connectivity index (χ2n) is 2.93. The third-order valence-corrected chi connectivity index (χ3v) is 1.98. The molecular weight excluding hydrogens is 246 g/mol. The molecule has 0 saturated heterocycles. The van der Waals surface area contributed by atoms with Crippen LogP contribution >= 0.6 is 15.9 Å². The molecule has 1 aromatic rings. The Hall–Kier alpha value is -1.00. The molecule has 0 aliphatic heterocycles. The number of phenolic OH excluding ortho intramolecular Hbond substituents is 2. The molecule has 0 unspecified atom stereocenters. The van der Waals surface area contributed by atoms with Crippen molar-refractivity contribution in [3.05, 3.63) is 34.8 Å². The number of hydrogen-bond donors (Lipinski definition) is 3. The van der Waals surface area contributed by atoms with Crippen molar-refractivity contribution >= 4 is 15.9 Å². The van der Waals surface area contributed by atoms with Gasteiger partial charge in [-0.3, -0.25) is 0 Å². The van der Waals surface area contributed by atoms with Gasteiger partial charge in [-0.2, -0.15) is 0 Å². The highest BCUT2D eigenvalue weighted by molar-refractivity contribution is 9.11. The van der Waals surface area contributed by atoms with E-state index in [0.29, 0.717) is 13.1 Å². The van der Waals surface area contributed by atoms with Crippen molar-refractivity contribution < 1.29 is 10.2 Å². The molecule has 0 aliphatic rings. The van der Waals surface area contributed by atoms with Crippen molar-refractivity contribution in [2.24, 2.45) is 0 Å². The molecule has 14 heavy (non-hydrogen) atoms. The first-order valence-corrected chi connectivity index (χ1v) is 4.93. The van der Waals surface area contributed by atoms with Gasteiger partial charge < -0.3 is 15.5 Å². The van der Waals surface area contributed by atoms with Crippen molar-refractivity contribution in [1.29, 1.82) is 0 Å². The Morgan fingerprint density at radius 2 is 2.14 bits per heavy atom. The molecule has 0 saturated carbocycles. The molecule has 76 valence electrons.